The fourth-order valence-corrected chi connectivity index (χ4v) is 2.71. The highest BCUT2D eigenvalue weighted by Crippen LogP contribution is 2.35. The van der Waals surface area contributed by atoms with E-state index in [1.54, 1.807) is 24.9 Å². The van der Waals surface area contributed by atoms with Gasteiger partial charge in [0.05, 0.1) is 5.56 Å². The van der Waals surface area contributed by atoms with Crippen molar-refractivity contribution in [2.75, 3.05) is 24.0 Å². The number of hydrogen-bond donors (Lipinski definition) is 0. The van der Waals surface area contributed by atoms with Crippen molar-refractivity contribution < 1.29 is 13.2 Å². The van der Waals surface area contributed by atoms with E-state index in [9.17, 15) is 13.2 Å². The molecule has 0 aliphatic heterocycles. The van der Waals surface area contributed by atoms with Crippen LogP contribution in [0.15, 0.2) is 18.2 Å². The highest BCUT2D eigenvalue weighted by atomic mass is 35.5. The molecule has 0 amide bonds. The van der Waals surface area contributed by atoms with Gasteiger partial charge in [0.15, 0.2) is 0 Å². The lowest BCUT2D eigenvalue weighted by atomic mass is 10.1. The van der Waals surface area contributed by atoms with Crippen LogP contribution in [0.3, 0.4) is 0 Å². The zero-order valence-electron chi connectivity index (χ0n) is 11.1. The van der Waals surface area contributed by atoms with E-state index in [4.69, 9.17) is 11.6 Å². The first-order valence-electron chi connectivity index (χ1n) is 5.79. The molecule has 6 heteroatoms. The molecule has 1 aromatic carbocycles. The lowest BCUT2D eigenvalue weighted by Gasteiger charge is -2.27. The molecule has 1 nitrogen and oxygen atoms in total. The van der Waals surface area contributed by atoms with Crippen LogP contribution in [0.1, 0.15) is 18.1 Å². The first-order valence-corrected chi connectivity index (χ1v) is 7.72. The molecule has 0 spiro atoms. The molecule has 1 unspecified atom stereocenters. The maximum Gasteiger partial charge on any atom is 0.416 e. The zero-order chi connectivity index (χ0) is 14.6. The standard InChI is InChI=1S/C13H17ClF3NS/c1-9(8-19-3)18(2)11-5-4-10(7-14)12(6-11)13(15,16)17/h4-6,9H,7-8H2,1-3H3. The van der Waals surface area contributed by atoms with Crippen molar-refractivity contribution in [3.05, 3.63) is 29.3 Å². The SMILES string of the molecule is CSCC(C)N(C)c1ccc(CCl)c(C(F)(F)F)c1. The van der Waals surface area contributed by atoms with Crippen LogP contribution in [-0.2, 0) is 12.1 Å². The predicted molar refractivity (Wildman–Crippen MR) is 77.2 cm³/mol. The van der Waals surface area contributed by atoms with Crippen LogP contribution in [0.5, 0.6) is 0 Å². The summed E-state index contributed by atoms with van der Waals surface area (Å²) in [7, 11) is 1.80. The molecule has 0 bridgehead atoms. The van der Waals surface area contributed by atoms with Gasteiger partial charge in [-0.05, 0) is 30.9 Å². The average molecular weight is 312 g/mol. The smallest absolute Gasteiger partial charge is 0.371 e. The number of hydrogen-bond acceptors (Lipinski definition) is 2. The zero-order valence-corrected chi connectivity index (χ0v) is 12.7. The third kappa shape index (κ3) is 4.21. The Hall–Kier alpha value is -0.550. The number of halogens is 4. The van der Waals surface area contributed by atoms with Crippen LogP contribution in [0.4, 0.5) is 18.9 Å². The largest absolute Gasteiger partial charge is 0.416 e. The van der Waals surface area contributed by atoms with Gasteiger partial charge in [-0.2, -0.15) is 24.9 Å². The van der Waals surface area contributed by atoms with Crippen molar-refractivity contribution in [1.82, 2.24) is 0 Å². The van der Waals surface area contributed by atoms with Crippen LogP contribution in [0.2, 0.25) is 0 Å². The molecular weight excluding hydrogens is 295 g/mol. The Morgan fingerprint density at radius 1 is 1.37 bits per heavy atom. The molecular formula is C13H17ClF3NS. The molecule has 0 saturated carbocycles. The predicted octanol–water partition coefficient (Wildman–Crippen LogP) is 4.63. The first kappa shape index (κ1) is 16.5. The Morgan fingerprint density at radius 3 is 2.47 bits per heavy atom. The number of thioether (sulfide) groups is 1. The van der Waals surface area contributed by atoms with Gasteiger partial charge >= 0.3 is 6.18 Å². The number of rotatable bonds is 5. The van der Waals surface area contributed by atoms with Crippen molar-refractivity contribution in [3.63, 3.8) is 0 Å². The lowest BCUT2D eigenvalue weighted by Crippen LogP contribution is -2.31. The molecule has 1 rings (SSSR count). The second-order valence-corrected chi connectivity index (χ2v) is 5.57. The van der Waals surface area contributed by atoms with Gasteiger partial charge in [-0.15, -0.1) is 11.6 Å². The van der Waals surface area contributed by atoms with E-state index in [1.807, 2.05) is 18.1 Å². The van der Waals surface area contributed by atoms with Crippen molar-refractivity contribution in [1.29, 1.82) is 0 Å². The lowest BCUT2D eigenvalue weighted by molar-refractivity contribution is -0.138. The molecule has 0 fully saturated rings. The fraction of sp³-hybridized carbons (Fsp3) is 0.538. The van der Waals surface area contributed by atoms with Crippen LogP contribution < -0.4 is 4.90 Å². The molecule has 0 heterocycles. The quantitative estimate of drug-likeness (QED) is 0.729. The summed E-state index contributed by atoms with van der Waals surface area (Å²) < 4.78 is 38.8. The Morgan fingerprint density at radius 2 is 2.00 bits per heavy atom. The third-order valence-electron chi connectivity index (χ3n) is 3.02. The molecule has 0 saturated heterocycles. The molecule has 0 aromatic heterocycles. The maximum atomic E-state index is 12.9. The van der Waals surface area contributed by atoms with Gasteiger partial charge in [0.2, 0.25) is 0 Å². The molecule has 19 heavy (non-hydrogen) atoms. The van der Waals surface area contributed by atoms with Crippen molar-refractivity contribution in [2.45, 2.75) is 25.0 Å². The Balaban J connectivity index is 3.11. The molecule has 0 aliphatic rings. The highest BCUT2D eigenvalue weighted by molar-refractivity contribution is 7.98. The van der Waals surface area contributed by atoms with Gasteiger partial charge < -0.3 is 4.90 Å². The molecule has 1 atom stereocenters. The van der Waals surface area contributed by atoms with Gasteiger partial charge in [-0.25, -0.2) is 0 Å². The number of benzene rings is 1. The monoisotopic (exact) mass is 311 g/mol. The summed E-state index contributed by atoms with van der Waals surface area (Å²) in [4.78, 5) is 1.85. The molecule has 108 valence electrons. The van der Waals surface area contributed by atoms with Gasteiger partial charge in [-0.1, -0.05) is 6.07 Å². The van der Waals surface area contributed by atoms with Gasteiger partial charge in [0, 0.05) is 30.4 Å². The summed E-state index contributed by atoms with van der Waals surface area (Å²) in [5.41, 5.74) is 0.0229. The Labute approximate surface area is 121 Å². The van der Waals surface area contributed by atoms with Crippen molar-refractivity contribution in [3.8, 4) is 0 Å². The Bertz CT molecular complexity index is 423. The fourth-order valence-electron chi connectivity index (χ4n) is 1.77. The summed E-state index contributed by atoms with van der Waals surface area (Å²) in [6, 6.07) is 4.48. The Kier molecular flexibility index (Phi) is 5.86. The van der Waals surface area contributed by atoms with E-state index in [-0.39, 0.29) is 17.5 Å². The minimum atomic E-state index is -4.37. The third-order valence-corrected chi connectivity index (χ3v) is 4.12. The van der Waals surface area contributed by atoms with E-state index >= 15 is 0 Å². The topological polar surface area (TPSA) is 3.24 Å². The molecule has 0 aliphatic carbocycles. The van der Waals surface area contributed by atoms with Crippen LogP contribution in [0.25, 0.3) is 0 Å². The van der Waals surface area contributed by atoms with Gasteiger partial charge in [0.1, 0.15) is 0 Å². The summed E-state index contributed by atoms with van der Waals surface area (Å²) >= 11 is 7.23. The highest BCUT2D eigenvalue weighted by Gasteiger charge is 2.33. The minimum absolute atomic E-state index is 0.115. The molecule has 0 N–H and O–H groups in total. The summed E-state index contributed by atoms with van der Waals surface area (Å²) in [6.45, 7) is 1.99. The van der Waals surface area contributed by atoms with E-state index in [1.165, 1.54) is 12.1 Å². The summed E-state index contributed by atoms with van der Waals surface area (Å²) in [5, 5.41) is 0. The number of nitrogens with zero attached hydrogens (tertiary/aromatic N) is 1. The van der Waals surface area contributed by atoms with Gasteiger partial charge in [-0.3, -0.25) is 0 Å². The van der Waals surface area contributed by atoms with E-state index in [0.717, 1.165) is 5.75 Å². The first-order chi connectivity index (χ1) is 8.81. The second-order valence-electron chi connectivity index (χ2n) is 4.39. The minimum Gasteiger partial charge on any atom is -0.371 e. The number of anilines is 1. The summed E-state index contributed by atoms with van der Waals surface area (Å²) in [6.07, 6.45) is -2.40. The molecule has 1 aromatic rings. The van der Waals surface area contributed by atoms with Crippen molar-refractivity contribution >= 4 is 29.1 Å². The van der Waals surface area contributed by atoms with Crippen LogP contribution in [-0.4, -0.2) is 25.1 Å². The van der Waals surface area contributed by atoms with E-state index in [0.29, 0.717) is 5.69 Å². The molecule has 0 radical (unpaired) electrons. The average Bonchev–Trinajstić information content (AvgIpc) is 2.36. The van der Waals surface area contributed by atoms with Crippen LogP contribution >= 0.6 is 23.4 Å². The second kappa shape index (κ2) is 6.75. The van der Waals surface area contributed by atoms with E-state index in [2.05, 4.69) is 0 Å². The van der Waals surface area contributed by atoms with E-state index < -0.39 is 11.7 Å². The van der Waals surface area contributed by atoms with Gasteiger partial charge in [0.25, 0.3) is 0 Å². The maximum absolute atomic E-state index is 12.9. The van der Waals surface area contributed by atoms with Crippen molar-refractivity contribution in [2.24, 2.45) is 0 Å². The summed E-state index contributed by atoms with van der Waals surface area (Å²) in [5.74, 6) is 0.717. The van der Waals surface area contributed by atoms with Crippen LogP contribution in [0, 0.1) is 0 Å². The number of alkyl halides is 4. The normalized spacial score (nSPS) is 13.4.